The second kappa shape index (κ2) is 5.75. The van der Waals surface area contributed by atoms with Crippen LogP contribution in [0.3, 0.4) is 0 Å². The van der Waals surface area contributed by atoms with Gasteiger partial charge in [-0.1, -0.05) is 0 Å². The Morgan fingerprint density at radius 3 is 2.67 bits per heavy atom. The summed E-state index contributed by atoms with van der Waals surface area (Å²) in [5.74, 6) is 0.657. The van der Waals surface area contributed by atoms with Crippen LogP contribution in [0.2, 0.25) is 0 Å². The monoisotopic (exact) mass is 230 g/mol. The zero-order valence-electron chi connectivity index (χ0n) is 9.86. The summed E-state index contributed by atoms with van der Waals surface area (Å²) in [5.41, 5.74) is 0. The zero-order chi connectivity index (χ0) is 11.4. The van der Waals surface area contributed by atoms with E-state index in [4.69, 9.17) is 0 Å². The highest BCUT2D eigenvalue weighted by atomic mass is 32.1. The van der Waals surface area contributed by atoms with Crippen molar-refractivity contribution in [2.24, 2.45) is 5.92 Å². The molecule has 0 radical (unpaired) electrons. The van der Waals surface area contributed by atoms with Gasteiger partial charge in [-0.05, 0) is 39.7 Å². The predicted molar refractivity (Wildman–Crippen MR) is 66.3 cm³/mol. The van der Waals surface area contributed by atoms with Gasteiger partial charge in [0.1, 0.15) is 0 Å². The summed E-state index contributed by atoms with van der Waals surface area (Å²) in [6.07, 6.45) is 1.19. The van der Waals surface area contributed by atoms with Gasteiger partial charge in [-0.15, -0.1) is 0 Å². The molecule has 4 heteroatoms. The highest BCUT2D eigenvalue weighted by molar-refractivity contribution is 7.81. The minimum Gasteiger partial charge on any atom is -0.355 e. The topological polar surface area (TPSA) is 32.3 Å². The summed E-state index contributed by atoms with van der Waals surface area (Å²) >= 11 is 4.10. The Hall–Kier alpha value is -0.220. The molecule has 15 heavy (non-hydrogen) atoms. The van der Waals surface area contributed by atoms with Gasteiger partial charge in [0.15, 0.2) is 0 Å². The third-order valence-electron chi connectivity index (χ3n) is 2.99. The van der Waals surface area contributed by atoms with Crippen LogP contribution in [-0.2, 0) is 4.79 Å². The van der Waals surface area contributed by atoms with Crippen molar-refractivity contribution in [2.45, 2.75) is 38.5 Å². The van der Waals surface area contributed by atoms with Gasteiger partial charge < -0.3 is 10.2 Å². The first-order valence-corrected chi connectivity index (χ1v) is 6.22. The summed E-state index contributed by atoms with van der Waals surface area (Å²) in [4.78, 5) is 13.8. The number of likely N-dealkylation sites (tertiary alicyclic amines) is 1. The van der Waals surface area contributed by atoms with Crippen LogP contribution in [0, 0.1) is 5.92 Å². The predicted octanol–water partition coefficient (Wildman–Crippen LogP) is 1.15. The Kier molecular flexibility index (Phi) is 4.93. The number of hydrogen-bond acceptors (Lipinski definition) is 3. The number of rotatable bonds is 4. The van der Waals surface area contributed by atoms with Crippen LogP contribution >= 0.6 is 12.6 Å². The number of amides is 1. The summed E-state index contributed by atoms with van der Waals surface area (Å²) in [5, 5.41) is 2.74. The van der Waals surface area contributed by atoms with Crippen molar-refractivity contribution in [3.8, 4) is 0 Å². The minimum absolute atomic E-state index is 0.0429. The van der Waals surface area contributed by atoms with Gasteiger partial charge in [-0.3, -0.25) is 4.79 Å². The molecule has 1 saturated heterocycles. The van der Waals surface area contributed by atoms with Crippen molar-refractivity contribution in [3.63, 3.8) is 0 Å². The van der Waals surface area contributed by atoms with Gasteiger partial charge in [0.25, 0.3) is 0 Å². The Balaban J connectivity index is 2.22. The number of hydrogen-bond donors (Lipinski definition) is 2. The second-order valence-corrected chi connectivity index (χ2v) is 5.44. The van der Waals surface area contributed by atoms with E-state index in [9.17, 15) is 4.79 Å². The molecule has 0 aromatic heterocycles. The highest BCUT2D eigenvalue weighted by Crippen LogP contribution is 2.17. The molecule has 1 fully saturated rings. The van der Waals surface area contributed by atoms with Crippen molar-refractivity contribution in [1.82, 2.24) is 10.2 Å². The lowest BCUT2D eigenvalue weighted by atomic mass is 10.1. The van der Waals surface area contributed by atoms with Gasteiger partial charge in [-0.25, -0.2) is 0 Å². The van der Waals surface area contributed by atoms with Gasteiger partial charge in [-0.2, -0.15) is 12.6 Å². The first-order valence-electron chi connectivity index (χ1n) is 5.70. The molecule has 1 amide bonds. The lowest BCUT2D eigenvalue weighted by Gasteiger charge is -2.20. The van der Waals surface area contributed by atoms with E-state index in [2.05, 4.69) is 36.7 Å². The maximum absolute atomic E-state index is 11.3. The molecule has 1 rings (SSSR count). The van der Waals surface area contributed by atoms with Crippen LogP contribution < -0.4 is 5.32 Å². The Labute approximate surface area is 98.0 Å². The van der Waals surface area contributed by atoms with Crippen molar-refractivity contribution >= 4 is 18.5 Å². The molecule has 88 valence electrons. The Bertz CT molecular complexity index is 219. The molecule has 3 nitrogen and oxygen atoms in total. The Morgan fingerprint density at radius 1 is 1.53 bits per heavy atom. The fourth-order valence-electron chi connectivity index (χ4n) is 1.89. The van der Waals surface area contributed by atoms with E-state index in [0.717, 1.165) is 19.6 Å². The second-order valence-electron chi connectivity index (χ2n) is 4.66. The molecule has 1 aliphatic rings. The average Bonchev–Trinajstić information content (AvgIpc) is 2.62. The van der Waals surface area contributed by atoms with Gasteiger partial charge in [0.2, 0.25) is 5.91 Å². The van der Waals surface area contributed by atoms with Gasteiger partial charge in [0, 0.05) is 19.1 Å². The molecule has 1 aliphatic heterocycles. The lowest BCUT2D eigenvalue weighted by Crippen LogP contribution is -2.35. The summed E-state index contributed by atoms with van der Waals surface area (Å²) < 4.78 is 0. The van der Waals surface area contributed by atoms with E-state index >= 15 is 0 Å². The largest absolute Gasteiger partial charge is 0.355 e. The summed E-state index contributed by atoms with van der Waals surface area (Å²) in [7, 11) is 0. The van der Waals surface area contributed by atoms with Crippen molar-refractivity contribution in [3.05, 3.63) is 0 Å². The lowest BCUT2D eigenvalue weighted by molar-refractivity contribution is -0.120. The molecular weight excluding hydrogens is 208 g/mol. The highest BCUT2D eigenvalue weighted by Gasteiger charge is 2.24. The fourth-order valence-corrected chi connectivity index (χ4v) is 1.98. The molecule has 1 N–H and O–H groups in total. The first kappa shape index (κ1) is 12.8. The normalized spacial score (nSPS) is 24.5. The number of nitrogens with zero attached hydrogens (tertiary/aromatic N) is 1. The van der Waals surface area contributed by atoms with Crippen molar-refractivity contribution < 1.29 is 4.79 Å². The Morgan fingerprint density at radius 2 is 2.20 bits per heavy atom. The smallest absolute Gasteiger partial charge is 0.232 e. The van der Waals surface area contributed by atoms with E-state index < -0.39 is 0 Å². The van der Waals surface area contributed by atoms with Crippen LogP contribution in [-0.4, -0.2) is 41.7 Å². The molecule has 0 spiro atoms. The standard InChI is InChI=1S/C11H22N2OS/c1-8(2)13-5-4-10(7-13)6-12-11(14)9(3)15/h8-10,15H,4-7H2,1-3H3,(H,12,14). The molecule has 2 unspecified atom stereocenters. The van der Waals surface area contributed by atoms with Crippen LogP contribution in [0.5, 0.6) is 0 Å². The van der Waals surface area contributed by atoms with Crippen molar-refractivity contribution in [2.75, 3.05) is 19.6 Å². The van der Waals surface area contributed by atoms with E-state index in [0.29, 0.717) is 12.0 Å². The van der Waals surface area contributed by atoms with Crippen LogP contribution in [0.1, 0.15) is 27.2 Å². The SMILES string of the molecule is CC(S)C(=O)NCC1CCN(C(C)C)C1. The molecule has 0 aromatic carbocycles. The van der Waals surface area contributed by atoms with Gasteiger partial charge in [0.05, 0.1) is 5.25 Å². The minimum atomic E-state index is -0.201. The third-order valence-corrected chi connectivity index (χ3v) is 3.23. The maximum atomic E-state index is 11.3. The van der Waals surface area contributed by atoms with Crippen LogP contribution in [0.25, 0.3) is 0 Å². The fraction of sp³-hybridized carbons (Fsp3) is 0.909. The summed E-state index contributed by atoms with van der Waals surface area (Å²) in [6, 6.07) is 0.620. The van der Waals surface area contributed by atoms with Crippen molar-refractivity contribution in [1.29, 1.82) is 0 Å². The molecule has 1 heterocycles. The quantitative estimate of drug-likeness (QED) is 0.710. The third kappa shape index (κ3) is 4.03. The van der Waals surface area contributed by atoms with Gasteiger partial charge >= 0.3 is 0 Å². The number of carbonyl (C=O) groups is 1. The van der Waals surface area contributed by atoms with E-state index in [1.165, 1.54) is 6.42 Å². The number of thiol groups is 1. The molecular formula is C11H22N2OS. The van der Waals surface area contributed by atoms with E-state index in [-0.39, 0.29) is 11.2 Å². The molecule has 2 atom stereocenters. The number of nitrogens with one attached hydrogen (secondary N) is 1. The van der Waals surface area contributed by atoms with E-state index in [1.54, 1.807) is 6.92 Å². The van der Waals surface area contributed by atoms with Crippen LogP contribution in [0.15, 0.2) is 0 Å². The van der Waals surface area contributed by atoms with Crippen LogP contribution in [0.4, 0.5) is 0 Å². The maximum Gasteiger partial charge on any atom is 0.232 e. The first-order chi connectivity index (χ1) is 7.00. The molecule has 0 saturated carbocycles. The average molecular weight is 230 g/mol. The summed E-state index contributed by atoms with van der Waals surface area (Å²) in [6.45, 7) is 9.31. The molecule has 0 aliphatic carbocycles. The molecule has 0 aromatic rings. The number of carbonyl (C=O) groups excluding carboxylic acids is 1. The zero-order valence-corrected chi connectivity index (χ0v) is 10.8. The van der Waals surface area contributed by atoms with E-state index in [1.807, 2.05) is 0 Å². The molecule has 0 bridgehead atoms.